The Kier molecular flexibility index (Phi) is 4.59. The molecule has 0 saturated heterocycles. The van der Waals surface area contributed by atoms with Gasteiger partial charge in [0.2, 0.25) is 0 Å². The first-order chi connectivity index (χ1) is 9.88. The van der Waals surface area contributed by atoms with Crippen LogP contribution in [0.1, 0.15) is 10.4 Å². The second-order valence-electron chi connectivity index (χ2n) is 4.11. The van der Waals surface area contributed by atoms with Crippen LogP contribution in [0, 0.1) is 10.1 Å². The van der Waals surface area contributed by atoms with Crippen LogP contribution < -0.4 is 11.1 Å². The molecule has 0 atom stereocenters. The number of nitro groups is 1. The third kappa shape index (κ3) is 3.59. The lowest BCUT2D eigenvalue weighted by Gasteiger charge is -2.09. The van der Waals surface area contributed by atoms with E-state index in [1.807, 2.05) is 0 Å². The van der Waals surface area contributed by atoms with Gasteiger partial charge in [-0.25, -0.2) is 0 Å². The zero-order chi connectivity index (χ0) is 15.6. The Balaban J connectivity index is 2.39. The van der Waals surface area contributed by atoms with Crippen molar-refractivity contribution in [2.45, 2.75) is 0 Å². The number of nitrogens with one attached hydrogen (secondary N) is 1. The minimum atomic E-state index is -0.621. The van der Waals surface area contributed by atoms with Gasteiger partial charge >= 0.3 is 0 Å². The van der Waals surface area contributed by atoms with Crippen LogP contribution in [0.2, 0.25) is 0 Å². The fourth-order valence-electron chi connectivity index (χ4n) is 1.68. The number of benzene rings is 2. The quantitative estimate of drug-likeness (QED) is 0.451. The summed E-state index contributed by atoms with van der Waals surface area (Å²) in [6.07, 6.45) is 0. The lowest BCUT2D eigenvalue weighted by molar-refractivity contribution is -0.385. The predicted molar refractivity (Wildman–Crippen MR) is 87.3 cm³/mol. The monoisotopic (exact) mass is 413 g/mol. The van der Waals surface area contributed by atoms with Crippen molar-refractivity contribution < 1.29 is 9.72 Å². The number of hydrogen-bond donors (Lipinski definition) is 2. The fraction of sp³-hybridized carbons (Fsp3) is 0. The van der Waals surface area contributed by atoms with Crippen molar-refractivity contribution in [2.75, 3.05) is 11.1 Å². The van der Waals surface area contributed by atoms with Gasteiger partial charge in [0.25, 0.3) is 11.6 Å². The first kappa shape index (κ1) is 15.5. The molecule has 1 amide bonds. The van der Waals surface area contributed by atoms with Gasteiger partial charge in [-0.1, -0.05) is 15.9 Å². The highest BCUT2D eigenvalue weighted by Crippen LogP contribution is 2.28. The molecule has 108 valence electrons. The molecule has 0 heterocycles. The maximum absolute atomic E-state index is 12.2. The smallest absolute Gasteiger partial charge is 0.282 e. The molecule has 0 bridgehead atoms. The highest BCUT2D eigenvalue weighted by molar-refractivity contribution is 9.11. The molecule has 3 N–H and O–H groups in total. The zero-order valence-corrected chi connectivity index (χ0v) is 13.6. The summed E-state index contributed by atoms with van der Waals surface area (Å²) in [6.45, 7) is 0. The lowest BCUT2D eigenvalue weighted by atomic mass is 10.1. The number of carbonyl (C=O) groups excluding carboxylic acids is 1. The number of halogens is 2. The Morgan fingerprint density at radius 3 is 2.57 bits per heavy atom. The van der Waals surface area contributed by atoms with Crippen molar-refractivity contribution in [1.29, 1.82) is 0 Å². The van der Waals surface area contributed by atoms with Crippen molar-refractivity contribution in [1.82, 2.24) is 0 Å². The fourth-order valence-corrected chi connectivity index (χ4v) is 2.38. The number of hydrogen-bond acceptors (Lipinski definition) is 4. The molecule has 0 radical (unpaired) electrons. The van der Waals surface area contributed by atoms with Crippen molar-refractivity contribution in [3.8, 4) is 0 Å². The molecular formula is C13H9Br2N3O3. The average Bonchev–Trinajstić information content (AvgIpc) is 2.42. The van der Waals surface area contributed by atoms with Gasteiger partial charge in [0, 0.05) is 20.7 Å². The van der Waals surface area contributed by atoms with Gasteiger partial charge in [-0.05, 0) is 46.3 Å². The minimum absolute atomic E-state index is 0.0909. The van der Waals surface area contributed by atoms with Gasteiger partial charge < -0.3 is 11.1 Å². The Bertz CT molecular complexity index is 735. The maximum atomic E-state index is 12.2. The molecule has 0 aliphatic rings. The van der Waals surface area contributed by atoms with E-state index in [1.54, 1.807) is 18.2 Å². The molecule has 0 aromatic heterocycles. The number of carbonyl (C=O) groups is 1. The lowest BCUT2D eigenvalue weighted by Crippen LogP contribution is -2.14. The van der Waals surface area contributed by atoms with Crippen LogP contribution in [0.15, 0.2) is 45.3 Å². The van der Waals surface area contributed by atoms with E-state index in [4.69, 9.17) is 5.73 Å². The van der Waals surface area contributed by atoms with Gasteiger partial charge in [0.15, 0.2) is 0 Å². The number of nitro benzene ring substituents is 1. The second kappa shape index (κ2) is 6.23. The van der Waals surface area contributed by atoms with E-state index in [0.29, 0.717) is 10.2 Å². The molecule has 0 spiro atoms. The zero-order valence-electron chi connectivity index (χ0n) is 10.5. The summed E-state index contributed by atoms with van der Waals surface area (Å²) in [5, 5.41) is 13.6. The van der Waals surface area contributed by atoms with E-state index >= 15 is 0 Å². The number of anilines is 2. The summed E-state index contributed by atoms with van der Waals surface area (Å²) in [4.78, 5) is 22.6. The van der Waals surface area contributed by atoms with Crippen LogP contribution >= 0.6 is 31.9 Å². The molecule has 2 aromatic carbocycles. The predicted octanol–water partition coefficient (Wildman–Crippen LogP) is 3.95. The largest absolute Gasteiger partial charge is 0.399 e. The third-order valence-corrected chi connectivity index (χ3v) is 3.82. The standard InChI is InChI=1S/C13H9Br2N3O3/c14-7-1-3-10(15)11(5-7)17-13(19)9-6-8(16)2-4-12(9)18(20)21/h1-6H,16H2,(H,17,19). The molecule has 0 saturated carbocycles. The van der Waals surface area contributed by atoms with Gasteiger partial charge in [-0.3, -0.25) is 14.9 Å². The van der Waals surface area contributed by atoms with Crippen LogP contribution in [0.25, 0.3) is 0 Å². The number of rotatable bonds is 3. The van der Waals surface area contributed by atoms with Gasteiger partial charge in [-0.15, -0.1) is 0 Å². The van der Waals surface area contributed by atoms with Crippen LogP contribution in [0.4, 0.5) is 17.1 Å². The van der Waals surface area contributed by atoms with Gasteiger partial charge in [0.05, 0.1) is 10.6 Å². The SMILES string of the molecule is Nc1ccc([N+](=O)[O-])c(C(=O)Nc2cc(Br)ccc2Br)c1. The Hall–Kier alpha value is -1.93. The molecule has 2 rings (SSSR count). The molecule has 0 aliphatic carbocycles. The van der Waals surface area contributed by atoms with E-state index in [0.717, 1.165) is 4.47 Å². The normalized spacial score (nSPS) is 10.2. The molecular weight excluding hydrogens is 406 g/mol. The summed E-state index contributed by atoms with van der Waals surface area (Å²) in [5.74, 6) is -0.604. The second-order valence-corrected chi connectivity index (χ2v) is 5.88. The summed E-state index contributed by atoms with van der Waals surface area (Å²) < 4.78 is 1.42. The Morgan fingerprint density at radius 1 is 1.19 bits per heavy atom. The molecule has 6 nitrogen and oxygen atoms in total. The highest BCUT2D eigenvalue weighted by atomic mass is 79.9. The molecule has 21 heavy (non-hydrogen) atoms. The molecule has 0 unspecified atom stereocenters. The third-order valence-electron chi connectivity index (χ3n) is 2.64. The summed E-state index contributed by atoms with van der Waals surface area (Å²) >= 11 is 6.59. The first-order valence-electron chi connectivity index (χ1n) is 5.69. The van der Waals surface area contributed by atoms with E-state index in [-0.39, 0.29) is 16.9 Å². The van der Waals surface area contributed by atoms with Gasteiger partial charge in [-0.2, -0.15) is 0 Å². The van der Waals surface area contributed by atoms with Crippen LogP contribution in [0.3, 0.4) is 0 Å². The van der Waals surface area contributed by atoms with Crippen LogP contribution in [-0.2, 0) is 0 Å². The van der Waals surface area contributed by atoms with E-state index in [1.165, 1.54) is 18.2 Å². The van der Waals surface area contributed by atoms with E-state index < -0.39 is 10.8 Å². The highest BCUT2D eigenvalue weighted by Gasteiger charge is 2.21. The van der Waals surface area contributed by atoms with Crippen molar-refractivity contribution in [2.24, 2.45) is 0 Å². The minimum Gasteiger partial charge on any atom is -0.399 e. The maximum Gasteiger partial charge on any atom is 0.282 e. The van der Waals surface area contributed by atoms with E-state index in [9.17, 15) is 14.9 Å². The van der Waals surface area contributed by atoms with Crippen LogP contribution in [0.5, 0.6) is 0 Å². The number of nitrogen functional groups attached to an aromatic ring is 1. The molecule has 2 aromatic rings. The van der Waals surface area contributed by atoms with E-state index in [2.05, 4.69) is 37.2 Å². The average molecular weight is 415 g/mol. The Morgan fingerprint density at radius 2 is 1.90 bits per heavy atom. The number of amides is 1. The Labute approximate surface area is 136 Å². The first-order valence-corrected chi connectivity index (χ1v) is 7.27. The van der Waals surface area contributed by atoms with Crippen molar-refractivity contribution in [3.63, 3.8) is 0 Å². The van der Waals surface area contributed by atoms with Crippen molar-refractivity contribution >= 4 is 54.8 Å². The van der Waals surface area contributed by atoms with Crippen molar-refractivity contribution in [3.05, 3.63) is 61.0 Å². The molecule has 0 aliphatic heterocycles. The van der Waals surface area contributed by atoms with Gasteiger partial charge in [0.1, 0.15) is 5.56 Å². The van der Waals surface area contributed by atoms with Crippen LogP contribution in [-0.4, -0.2) is 10.8 Å². The molecule has 0 fully saturated rings. The summed E-state index contributed by atoms with van der Waals surface area (Å²) in [6, 6.07) is 9.08. The number of nitrogens with two attached hydrogens (primary N) is 1. The topological polar surface area (TPSA) is 98.3 Å². The summed E-state index contributed by atoms with van der Waals surface area (Å²) in [5.41, 5.74) is 5.97. The molecule has 8 heteroatoms. The summed E-state index contributed by atoms with van der Waals surface area (Å²) in [7, 11) is 0. The number of nitrogens with zero attached hydrogens (tertiary/aromatic N) is 1.